The number of ether oxygens (including phenoxy) is 1. The molecule has 0 saturated heterocycles. The third-order valence-corrected chi connectivity index (χ3v) is 4.23. The van der Waals surface area contributed by atoms with Gasteiger partial charge in [-0.05, 0) is 42.7 Å². The Balaban J connectivity index is 1.54. The SMILES string of the molecule is CCc1ccccc1O[C@@H](C)C(=O)NCc1ccc(-n2ccnc2)cc1. The zero-order chi connectivity index (χ0) is 18.4. The van der Waals surface area contributed by atoms with Crippen molar-refractivity contribution in [3.8, 4) is 11.4 Å². The second-order valence-corrected chi connectivity index (χ2v) is 6.08. The molecule has 1 amide bonds. The van der Waals surface area contributed by atoms with Crippen molar-refractivity contribution >= 4 is 5.91 Å². The van der Waals surface area contributed by atoms with Crippen LogP contribution in [0.4, 0.5) is 0 Å². The Morgan fingerprint density at radius 1 is 1.19 bits per heavy atom. The monoisotopic (exact) mass is 349 g/mol. The summed E-state index contributed by atoms with van der Waals surface area (Å²) in [4.78, 5) is 16.4. The number of nitrogens with one attached hydrogen (secondary N) is 1. The molecule has 0 saturated carbocycles. The number of hydrogen-bond acceptors (Lipinski definition) is 3. The standard InChI is InChI=1S/C21H23N3O2/c1-3-18-6-4-5-7-20(18)26-16(2)21(25)23-14-17-8-10-19(11-9-17)24-13-12-22-15-24/h4-13,15-16H,3,14H2,1-2H3,(H,23,25)/t16-/m0/s1. The van der Waals surface area contributed by atoms with Crippen LogP contribution in [0.25, 0.3) is 5.69 Å². The molecule has 3 aromatic rings. The molecule has 1 atom stereocenters. The Morgan fingerprint density at radius 3 is 2.65 bits per heavy atom. The van der Waals surface area contributed by atoms with E-state index in [2.05, 4.69) is 17.2 Å². The number of imidazole rings is 1. The van der Waals surface area contributed by atoms with Gasteiger partial charge in [0.2, 0.25) is 0 Å². The summed E-state index contributed by atoms with van der Waals surface area (Å²) in [6.45, 7) is 4.30. The van der Waals surface area contributed by atoms with E-state index in [0.29, 0.717) is 6.54 Å². The van der Waals surface area contributed by atoms with E-state index in [4.69, 9.17) is 4.74 Å². The first-order valence-electron chi connectivity index (χ1n) is 8.77. The maximum Gasteiger partial charge on any atom is 0.261 e. The zero-order valence-electron chi connectivity index (χ0n) is 15.1. The summed E-state index contributed by atoms with van der Waals surface area (Å²) in [5, 5.41) is 2.93. The molecule has 0 fully saturated rings. The molecule has 26 heavy (non-hydrogen) atoms. The van der Waals surface area contributed by atoms with Crippen LogP contribution < -0.4 is 10.1 Å². The summed E-state index contributed by atoms with van der Waals surface area (Å²) >= 11 is 0. The number of rotatable bonds is 7. The van der Waals surface area contributed by atoms with Gasteiger partial charge in [0, 0.05) is 24.6 Å². The third-order valence-electron chi connectivity index (χ3n) is 4.23. The average Bonchev–Trinajstić information content (AvgIpc) is 3.21. The van der Waals surface area contributed by atoms with Crippen LogP contribution in [0.2, 0.25) is 0 Å². The van der Waals surface area contributed by atoms with E-state index >= 15 is 0 Å². The average molecular weight is 349 g/mol. The summed E-state index contributed by atoms with van der Waals surface area (Å²) in [6, 6.07) is 15.8. The number of aryl methyl sites for hydroxylation is 1. The fourth-order valence-corrected chi connectivity index (χ4v) is 2.69. The lowest BCUT2D eigenvalue weighted by molar-refractivity contribution is -0.127. The summed E-state index contributed by atoms with van der Waals surface area (Å²) in [5.74, 6) is 0.636. The Kier molecular flexibility index (Phi) is 5.69. The molecule has 5 nitrogen and oxygen atoms in total. The molecule has 3 rings (SSSR count). The van der Waals surface area contributed by atoms with Gasteiger partial charge in [-0.15, -0.1) is 0 Å². The molecule has 0 radical (unpaired) electrons. The normalized spacial score (nSPS) is 11.8. The molecule has 0 aliphatic rings. The topological polar surface area (TPSA) is 56.1 Å². The lowest BCUT2D eigenvalue weighted by Crippen LogP contribution is -2.36. The molecule has 5 heteroatoms. The van der Waals surface area contributed by atoms with Gasteiger partial charge in [0.25, 0.3) is 5.91 Å². The van der Waals surface area contributed by atoms with Crippen LogP contribution in [0.1, 0.15) is 25.0 Å². The van der Waals surface area contributed by atoms with Crippen molar-refractivity contribution in [3.63, 3.8) is 0 Å². The van der Waals surface area contributed by atoms with Gasteiger partial charge in [-0.1, -0.05) is 37.3 Å². The van der Waals surface area contributed by atoms with Crippen LogP contribution in [0.5, 0.6) is 5.75 Å². The van der Waals surface area contributed by atoms with Crippen molar-refractivity contribution in [1.82, 2.24) is 14.9 Å². The summed E-state index contributed by atoms with van der Waals surface area (Å²) in [7, 11) is 0. The Labute approximate surface area is 153 Å². The highest BCUT2D eigenvalue weighted by Gasteiger charge is 2.15. The van der Waals surface area contributed by atoms with Crippen molar-refractivity contribution in [2.75, 3.05) is 0 Å². The quantitative estimate of drug-likeness (QED) is 0.710. The van der Waals surface area contributed by atoms with Crippen LogP contribution in [0.15, 0.2) is 67.3 Å². The maximum atomic E-state index is 12.3. The lowest BCUT2D eigenvalue weighted by atomic mass is 10.1. The Morgan fingerprint density at radius 2 is 1.96 bits per heavy atom. The minimum atomic E-state index is -0.548. The van der Waals surface area contributed by atoms with Gasteiger partial charge in [0.05, 0.1) is 6.33 Å². The molecule has 1 heterocycles. The minimum absolute atomic E-state index is 0.130. The number of carbonyl (C=O) groups excluding carboxylic acids is 1. The van der Waals surface area contributed by atoms with E-state index in [1.807, 2.05) is 59.3 Å². The van der Waals surface area contributed by atoms with Gasteiger partial charge in [-0.25, -0.2) is 4.98 Å². The van der Waals surface area contributed by atoms with Crippen LogP contribution in [-0.4, -0.2) is 21.6 Å². The van der Waals surface area contributed by atoms with Crippen molar-refractivity contribution in [1.29, 1.82) is 0 Å². The van der Waals surface area contributed by atoms with E-state index in [9.17, 15) is 4.79 Å². The molecule has 0 aliphatic carbocycles. The van der Waals surface area contributed by atoms with E-state index in [-0.39, 0.29) is 5.91 Å². The summed E-state index contributed by atoms with van der Waals surface area (Å²) in [6.07, 6.45) is 5.71. The molecule has 0 unspecified atom stereocenters. The van der Waals surface area contributed by atoms with Crippen molar-refractivity contribution in [3.05, 3.63) is 78.4 Å². The number of hydrogen-bond donors (Lipinski definition) is 1. The highest BCUT2D eigenvalue weighted by molar-refractivity contribution is 5.80. The third kappa shape index (κ3) is 4.30. The smallest absolute Gasteiger partial charge is 0.261 e. The van der Waals surface area contributed by atoms with E-state index in [1.165, 1.54) is 0 Å². The lowest BCUT2D eigenvalue weighted by Gasteiger charge is -2.17. The van der Waals surface area contributed by atoms with Gasteiger partial charge < -0.3 is 14.6 Å². The number of carbonyl (C=O) groups is 1. The van der Waals surface area contributed by atoms with E-state index < -0.39 is 6.10 Å². The molecule has 2 aromatic carbocycles. The molecule has 0 spiro atoms. The van der Waals surface area contributed by atoms with Gasteiger partial charge in [-0.3, -0.25) is 4.79 Å². The van der Waals surface area contributed by atoms with Gasteiger partial charge in [0.15, 0.2) is 6.10 Å². The van der Waals surface area contributed by atoms with E-state index in [1.54, 1.807) is 19.4 Å². The summed E-state index contributed by atoms with van der Waals surface area (Å²) in [5.41, 5.74) is 3.16. The predicted octanol–water partition coefficient (Wildman–Crippen LogP) is 3.52. The van der Waals surface area contributed by atoms with Crippen molar-refractivity contribution in [2.24, 2.45) is 0 Å². The minimum Gasteiger partial charge on any atom is -0.481 e. The van der Waals surface area contributed by atoms with Crippen LogP contribution in [0, 0.1) is 0 Å². The predicted molar refractivity (Wildman–Crippen MR) is 101 cm³/mol. The Hall–Kier alpha value is -3.08. The number of aromatic nitrogens is 2. The van der Waals surface area contributed by atoms with Crippen LogP contribution in [-0.2, 0) is 17.8 Å². The number of para-hydroxylation sites is 1. The van der Waals surface area contributed by atoms with Gasteiger partial charge >= 0.3 is 0 Å². The van der Waals surface area contributed by atoms with Crippen LogP contribution >= 0.6 is 0 Å². The van der Waals surface area contributed by atoms with Gasteiger partial charge in [0.1, 0.15) is 5.75 Å². The fraction of sp³-hybridized carbons (Fsp3) is 0.238. The molecular weight excluding hydrogens is 326 g/mol. The number of benzene rings is 2. The molecular formula is C21H23N3O2. The summed E-state index contributed by atoms with van der Waals surface area (Å²) < 4.78 is 7.77. The molecule has 1 aromatic heterocycles. The second-order valence-electron chi connectivity index (χ2n) is 6.08. The first kappa shape index (κ1) is 17.7. The largest absolute Gasteiger partial charge is 0.481 e. The van der Waals surface area contributed by atoms with Crippen molar-refractivity contribution < 1.29 is 9.53 Å². The molecule has 0 aliphatic heterocycles. The van der Waals surface area contributed by atoms with Gasteiger partial charge in [-0.2, -0.15) is 0 Å². The molecule has 1 N–H and O–H groups in total. The second kappa shape index (κ2) is 8.34. The van der Waals surface area contributed by atoms with Crippen molar-refractivity contribution in [2.45, 2.75) is 32.9 Å². The highest BCUT2D eigenvalue weighted by Crippen LogP contribution is 2.19. The van der Waals surface area contributed by atoms with Crippen LogP contribution in [0.3, 0.4) is 0 Å². The number of nitrogens with zero attached hydrogens (tertiary/aromatic N) is 2. The zero-order valence-corrected chi connectivity index (χ0v) is 15.1. The Bertz CT molecular complexity index is 842. The first-order chi connectivity index (χ1) is 12.7. The van der Waals surface area contributed by atoms with E-state index in [0.717, 1.165) is 29.0 Å². The maximum absolute atomic E-state index is 12.3. The fourth-order valence-electron chi connectivity index (χ4n) is 2.69. The molecule has 134 valence electrons. The molecule has 0 bridgehead atoms. The first-order valence-corrected chi connectivity index (χ1v) is 8.77. The number of amides is 1. The highest BCUT2D eigenvalue weighted by atomic mass is 16.5.